The van der Waals surface area contributed by atoms with Crippen molar-refractivity contribution in [2.45, 2.75) is 108 Å². The Hall–Kier alpha value is -4.10. The number of benzene rings is 2. The molecule has 0 aromatic heterocycles. The van der Waals surface area contributed by atoms with Crippen LogP contribution in [0.2, 0.25) is 5.02 Å². The third-order valence-electron chi connectivity index (χ3n) is 10.5. The number of likely N-dealkylation sites (tertiary alicyclic amines) is 1. The van der Waals surface area contributed by atoms with E-state index in [1.807, 2.05) is 50.2 Å². The molecule has 4 amide bonds. The number of ether oxygens (including phenoxy) is 1. The van der Waals surface area contributed by atoms with Crippen LogP contribution in [-0.2, 0) is 47.6 Å². The largest absolute Gasteiger partial charge is 0.444 e. The molecular formula is C38H48ClN5O7S. The molecule has 2 aromatic carbocycles. The Bertz CT molecular complexity index is 1890. The van der Waals surface area contributed by atoms with E-state index in [1.54, 1.807) is 6.07 Å². The number of sulfonamides is 1. The van der Waals surface area contributed by atoms with Crippen LogP contribution in [0.15, 0.2) is 55.1 Å². The molecular weight excluding hydrogens is 706 g/mol. The molecule has 4 aliphatic rings. The number of hydrogen-bond acceptors (Lipinski definition) is 8. The summed E-state index contributed by atoms with van der Waals surface area (Å²) in [5, 5.41) is 6.11. The molecule has 1 unspecified atom stereocenters. The Morgan fingerprint density at radius 3 is 2.40 bits per heavy atom. The van der Waals surface area contributed by atoms with E-state index in [0.29, 0.717) is 24.4 Å². The quantitative estimate of drug-likeness (QED) is 0.275. The zero-order chi connectivity index (χ0) is 37.7. The first-order chi connectivity index (χ1) is 24.4. The zero-order valence-corrected chi connectivity index (χ0v) is 31.9. The minimum Gasteiger partial charge on any atom is -0.444 e. The molecule has 0 bridgehead atoms. The average molecular weight is 754 g/mol. The molecule has 52 heavy (non-hydrogen) atoms. The highest BCUT2D eigenvalue weighted by molar-refractivity contribution is 7.91. The lowest BCUT2D eigenvalue weighted by molar-refractivity contribution is -0.140. The van der Waals surface area contributed by atoms with Crippen molar-refractivity contribution < 1.29 is 32.3 Å². The van der Waals surface area contributed by atoms with E-state index in [2.05, 4.69) is 42.7 Å². The molecule has 12 nitrogen and oxygen atoms in total. The summed E-state index contributed by atoms with van der Waals surface area (Å²) in [7, 11) is -3.88. The lowest BCUT2D eigenvalue weighted by Crippen LogP contribution is -2.58. The molecule has 2 aromatic rings. The Balaban J connectivity index is 1.24. The van der Waals surface area contributed by atoms with Gasteiger partial charge in [0.25, 0.3) is 5.91 Å². The van der Waals surface area contributed by atoms with Crippen molar-refractivity contribution in [3.05, 3.63) is 76.8 Å². The number of anilines is 1. The second kappa shape index (κ2) is 14.0. The average Bonchev–Trinajstić information content (AvgIpc) is 3.97. The van der Waals surface area contributed by atoms with Gasteiger partial charge in [-0.15, -0.1) is 6.58 Å². The maximum absolute atomic E-state index is 14.5. The maximum Gasteiger partial charge on any atom is 0.410 e. The number of nitrogens with zero attached hydrogens (tertiary/aromatic N) is 2. The fourth-order valence-electron chi connectivity index (χ4n) is 7.07. The van der Waals surface area contributed by atoms with Crippen molar-refractivity contribution >= 4 is 51.1 Å². The van der Waals surface area contributed by atoms with Gasteiger partial charge in [-0.1, -0.05) is 76.6 Å². The van der Waals surface area contributed by atoms with Crippen LogP contribution in [-0.4, -0.2) is 77.6 Å². The lowest BCUT2D eigenvalue weighted by Gasteiger charge is -2.32. The number of carbonyl (C=O) groups is 4. The Labute approximate surface area is 310 Å². The van der Waals surface area contributed by atoms with Crippen LogP contribution in [0.1, 0.15) is 77.0 Å². The number of nitrogens with one attached hydrogen (secondary N) is 3. The SMILES string of the molecule is C=C[C@@H]1C[C@]1(NC(=O)[C@@H]1CC(OC(=O)N2Cc3cccc(Cl)c3C2)CN1C(=O)[C@@H](Nc1cccc(C(C)(C)C)c1)C(C)C)C(=O)NS(=O)(=O)C1CC1. The van der Waals surface area contributed by atoms with Gasteiger partial charge in [0, 0.05) is 29.6 Å². The molecule has 2 saturated carbocycles. The molecule has 0 spiro atoms. The molecule has 5 atom stereocenters. The summed E-state index contributed by atoms with van der Waals surface area (Å²) in [5.41, 5.74) is 1.93. The van der Waals surface area contributed by atoms with E-state index in [1.165, 1.54) is 15.9 Å². The lowest BCUT2D eigenvalue weighted by atomic mass is 9.87. The van der Waals surface area contributed by atoms with E-state index in [4.69, 9.17) is 16.3 Å². The number of amides is 4. The summed E-state index contributed by atoms with van der Waals surface area (Å²) in [6.07, 6.45) is 1.15. The molecule has 1 saturated heterocycles. The fourth-order valence-corrected chi connectivity index (χ4v) is 8.69. The number of carbonyl (C=O) groups excluding carboxylic acids is 4. The predicted molar refractivity (Wildman–Crippen MR) is 198 cm³/mol. The highest BCUT2D eigenvalue weighted by Crippen LogP contribution is 2.45. The standard InChI is InChI=1S/C38H48ClN5O7S/c1-7-24-18-38(24,35(47)42-52(49,50)28-14-15-28)41-33(45)31-17-27(51-36(48)43-19-23-10-8-13-30(39)29(23)21-43)20-44(31)34(46)32(22(2)3)40-26-12-9-11-25(16-26)37(4,5)6/h7-13,16,22,24,27-28,31-32,40H,1,14-15,17-21H2,2-6H3,(H,41,45)(H,42,47)/t24-,27?,31+,32+,38-/m1/s1. The van der Waals surface area contributed by atoms with Crippen LogP contribution in [0.25, 0.3) is 0 Å². The first kappa shape index (κ1) is 37.7. The van der Waals surface area contributed by atoms with Gasteiger partial charge in [0.15, 0.2) is 0 Å². The van der Waals surface area contributed by atoms with Crippen LogP contribution < -0.4 is 15.4 Å². The van der Waals surface area contributed by atoms with Crippen molar-refractivity contribution in [1.29, 1.82) is 0 Å². The minimum absolute atomic E-state index is 0.0218. The fraction of sp³-hybridized carbons (Fsp3) is 0.526. The van der Waals surface area contributed by atoms with E-state index in [9.17, 15) is 27.6 Å². The number of hydrogen-bond donors (Lipinski definition) is 3. The summed E-state index contributed by atoms with van der Waals surface area (Å²) < 4.78 is 33.5. The third kappa shape index (κ3) is 7.66. The second-order valence-electron chi connectivity index (χ2n) is 15.9. The highest BCUT2D eigenvalue weighted by Gasteiger charge is 2.62. The van der Waals surface area contributed by atoms with Crippen LogP contribution in [0.5, 0.6) is 0 Å². The number of rotatable bonds is 11. The van der Waals surface area contributed by atoms with Crippen molar-refractivity contribution in [2.24, 2.45) is 11.8 Å². The summed E-state index contributed by atoms with van der Waals surface area (Å²) >= 11 is 6.38. The number of fused-ring (bicyclic) bond motifs is 1. The molecule has 280 valence electrons. The Kier molecular flexibility index (Phi) is 10.2. The van der Waals surface area contributed by atoms with Crippen molar-refractivity contribution in [2.75, 3.05) is 11.9 Å². The zero-order valence-electron chi connectivity index (χ0n) is 30.3. The van der Waals surface area contributed by atoms with Gasteiger partial charge >= 0.3 is 6.09 Å². The summed E-state index contributed by atoms with van der Waals surface area (Å²) in [6.45, 7) is 14.4. The van der Waals surface area contributed by atoms with E-state index in [0.717, 1.165) is 22.4 Å². The van der Waals surface area contributed by atoms with Gasteiger partial charge in [0.1, 0.15) is 23.7 Å². The van der Waals surface area contributed by atoms with E-state index >= 15 is 0 Å². The Morgan fingerprint density at radius 2 is 1.79 bits per heavy atom. The normalized spacial score (nSPS) is 24.6. The summed E-state index contributed by atoms with van der Waals surface area (Å²) in [6, 6.07) is 11.5. The smallest absolute Gasteiger partial charge is 0.410 e. The van der Waals surface area contributed by atoms with Crippen LogP contribution in [0.3, 0.4) is 0 Å². The summed E-state index contributed by atoms with van der Waals surface area (Å²) in [4.78, 5) is 58.6. The molecule has 3 fully saturated rings. The van der Waals surface area contributed by atoms with Crippen LogP contribution >= 0.6 is 11.6 Å². The molecule has 0 radical (unpaired) electrons. The van der Waals surface area contributed by atoms with E-state index < -0.39 is 62.8 Å². The van der Waals surface area contributed by atoms with Crippen LogP contribution in [0, 0.1) is 11.8 Å². The van der Waals surface area contributed by atoms with Crippen molar-refractivity contribution in [1.82, 2.24) is 19.8 Å². The van der Waals surface area contributed by atoms with Crippen molar-refractivity contribution in [3.8, 4) is 0 Å². The van der Waals surface area contributed by atoms with Gasteiger partial charge in [-0.2, -0.15) is 0 Å². The first-order valence-corrected chi connectivity index (χ1v) is 19.8. The summed E-state index contributed by atoms with van der Waals surface area (Å²) in [5.74, 6) is -2.56. The predicted octanol–water partition coefficient (Wildman–Crippen LogP) is 4.87. The first-order valence-electron chi connectivity index (χ1n) is 17.8. The van der Waals surface area contributed by atoms with E-state index in [-0.39, 0.29) is 43.2 Å². The molecule has 3 N–H and O–H groups in total. The van der Waals surface area contributed by atoms with Gasteiger partial charge in [-0.3, -0.25) is 24.0 Å². The maximum atomic E-state index is 14.5. The molecule has 2 heterocycles. The van der Waals surface area contributed by atoms with Crippen molar-refractivity contribution in [3.63, 3.8) is 0 Å². The van der Waals surface area contributed by atoms with Gasteiger partial charge in [0.2, 0.25) is 21.8 Å². The van der Waals surface area contributed by atoms with Crippen LogP contribution in [0.4, 0.5) is 10.5 Å². The molecule has 2 aliphatic carbocycles. The van der Waals surface area contributed by atoms with Gasteiger partial charge in [-0.25, -0.2) is 13.2 Å². The van der Waals surface area contributed by atoms with Gasteiger partial charge in [-0.05, 0) is 65.5 Å². The highest BCUT2D eigenvalue weighted by atomic mass is 35.5. The Morgan fingerprint density at radius 1 is 1.08 bits per heavy atom. The monoisotopic (exact) mass is 753 g/mol. The molecule has 14 heteroatoms. The second-order valence-corrected chi connectivity index (χ2v) is 18.2. The number of halogens is 1. The minimum atomic E-state index is -3.88. The third-order valence-corrected chi connectivity index (χ3v) is 12.7. The van der Waals surface area contributed by atoms with Gasteiger partial charge in [0.05, 0.1) is 18.3 Å². The molecule has 6 rings (SSSR count). The topological polar surface area (TPSA) is 154 Å². The van der Waals surface area contributed by atoms with Gasteiger partial charge < -0.3 is 20.3 Å². The molecule has 2 aliphatic heterocycles.